The Morgan fingerprint density at radius 1 is 0.958 bits per heavy atom. The smallest absolute Gasteiger partial charge is 0.255 e. The van der Waals surface area contributed by atoms with E-state index in [4.69, 9.17) is 5.73 Å². The van der Waals surface area contributed by atoms with E-state index >= 15 is 0 Å². The summed E-state index contributed by atoms with van der Waals surface area (Å²) >= 11 is 0. The van der Waals surface area contributed by atoms with Gasteiger partial charge < -0.3 is 16.4 Å². The van der Waals surface area contributed by atoms with Crippen LogP contribution >= 0.6 is 0 Å². The van der Waals surface area contributed by atoms with Gasteiger partial charge in [0.1, 0.15) is 0 Å². The van der Waals surface area contributed by atoms with E-state index in [1.54, 1.807) is 36.4 Å². The lowest BCUT2D eigenvalue weighted by Crippen LogP contribution is -2.40. The third-order valence-corrected chi connectivity index (χ3v) is 3.36. The van der Waals surface area contributed by atoms with Crippen molar-refractivity contribution >= 4 is 17.5 Å². The molecule has 0 spiro atoms. The third-order valence-electron chi connectivity index (χ3n) is 3.36. The van der Waals surface area contributed by atoms with Crippen LogP contribution in [0.25, 0.3) is 0 Å². The second-order valence-corrected chi connectivity index (χ2v) is 6.60. The van der Waals surface area contributed by atoms with Gasteiger partial charge >= 0.3 is 0 Å². The first-order valence-electron chi connectivity index (χ1n) is 7.82. The van der Waals surface area contributed by atoms with Crippen LogP contribution in [0.3, 0.4) is 0 Å². The fourth-order valence-corrected chi connectivity index (χ4v) is 2.18. The van der Waals surface area contributed by atoms with Gasteiger partial charge in [-0.05, 0) is 50.6 Å². The number of benzene rings is 2. The van der Waals surface area contributed by atoms with Crippen molar-refractivity contribution < 1.29 is 9.59 Å². The maximum Gasteiger partial charge on any atom is 0.255 e. The first-order valence-corrected chi connectivity index (χ1v) is 7.82. The Morgan fingerprint density at radius 2 is 1.58 bits per heavy atom. The molecular formula is C19H23N3O2. The predicted molar refractivity (Wildman–Crippen MR) is 95.9 cm³/mol. The molecule has 0 unspecified atom stereocenters. The Balaban J connectivity index is 2.20. The maximum absolute atomic E-state index is 12.4. The minimum absolute atomic E-state index is 0.225. The number of nitrogens with one attached hydrogen (secondary N) is 2. The summed E-state index contributed by atoms with van der Waals surface area (Å²) in [5, 5.41) is 5.70. The third kappa shape index (κ3) is 4.67. The van der Waals surface area contributed by atoms with Crippen molar-refractivity contribution in [3.63, 3.8) is 0 Å². The Hall–Kier alpha value is -2.66. The lowest BCUT2D eigenvalue weighted by Gasteiger charge is -2.21. The highest BCUT2D eigenvalue weighted by Crippen LogP contribution is 2.17. The molecule has 5 nitrogen and oxygen atoms in total. The first kappa shape index (κ1) is 17.7. The van der Waals surface area contributed by atoms with E-state index in [-0.39, 0.29) is 17.4 Å². The normalized spacial score (nSPS) is 11.0. The number of amides is 2. The highest BCUT2D eigenvalue weighted by molar-refractivity contribution is 6.09. The summed E-state index contributed by atoms with van der Waals surface area (Å²) in [7, 11) is 0. The minimum atomic E-state index is -0.355. The molecule has 0 aliphatic heterocycles. The molecule has 0 aromatic heterocycles. The lowest BCUT2D eigenvalue weighted by molar-refractivity contribution is 0.0920. The second-order valence-electron chi connectivity index (χ2n) is 6.60. The van der Waals surface area contributed by atoms with Crippen LogP contribution in [-0.2, 0) is 6.54 Å². The van der Waals surface area contributed by atoms with Crippen LogP contribution < -0.4 is 16.4 Å². The van der Waals surface area contributed by atoms with Gasteiger partial charge in [-0.3, -0.25) is 9.59 Å². The molecule has 2 rings (SSSR count). The Bertz CT molecular complexity index is 731. The average Bonchev–Trinajstić information content (AvgIpc) is 2.53. The van der Waals surface area contributed by atoms with E-state index in [1.807, 2.05) is 32.9 Å². The van der Waals surface area contributed by atoms with Crippen LogP contribution in [0.4, 0.5) is 5.69 Å². The SMILES string of the molecule is CC(C)(C)NC(=O)c1ccccc1NC(=O)c1ccc(CN)cc1. The van der Waals surface area contributed by atoms with E-state index in [2.05, 4.69) is 10.6 Å². The quantitative estimate of drug-likeness (QED) is 0.808. The topological polar surface area (TPSA) is 84.2 Å². The monoisotopic (exact) mass is 325 g/mol. The number of hydrogen-bond acceptors (Lipinski definition) is 3. The van der Waals surface area contributed by atoms with Crippen molar-refractivity contribution in [1.82, 2.24) is 5.32 Å². The fraction of sp³-hybridized carbons (Fsp3) is 0.263. The predicted octanol–water partition coefficient (Wildman–Crippen LogP) is 2.93. The first-order chi connectivity index (χ1) is 11.3. The van der Waals surface area contributed by atoms with Gasteiger partial charge in [0, 0.05) is 17.6 Å². The molecule has 126 valence electrons. The Morgan fingerprint density at radius 3 is 2.17 bits per heavy atom. The number of hydrogen-bond donors (Lipinski definition) is 3. The molecule has 2 aromatic carbocycles. The summed E-state index contributed by atoms with van der Waals surface area (Å²) < 4.78 is 0. The largest absolute Gasteiger partial charge is 0.347 e. The van der Waals surface area contributed by atoms with Crippen molar-refractivity contribution in [1.29, 1.82) is 0 Å². The molecule has 0 aliphatic rings. The van der Waals surface area contributed by atoms with Gasteiger partial charge in [-0.25, -0.2) is 0 Å². The Labute approximate surface area is 142 Å². The van der Waals surface area contributed by atoms with E-state index in [0.717, 1.165) is 5.56 Å². The second kappa shape index (κ2) is 7.27. The van der Waals surface area contributed by atoms with Crippen molar-refractivity contribution in [2.75, 3.05) is 5.32 Å². The van der Waals surface area contributed by atoms with Gasteiger partial charge in [0.15, 0.2) is 0 Å². The standard InChI is InChI=1S/C19H23N3O2/c1-19(2,3)22-18(24)15-6-4-5-7-16(15)21-17(23)14-10-8-13(12-20)9-11-14/h4-11H,12,20H2,1-3H3,(H,21,23)(H,22,24). The summed E-state index contributed by atoms with van der Waals surface area (Å²) in [5.74, 6) is -0.494. The van der Waals surface area contributed by atoms with Gasteiger partial charge in [-0.1, -0.05) is 24.3 Å². The molecule has 4 N–H and O–H groups in total. The number of nitrogens with two attached hydrogens (primary N) is 1. The van der Waals surface area contributed by atoms with E-state index < -0.39 is 0 Å². The van der Waals surface area contributed by atoms with Crippen LogP contribution in [-0.4, -0.2) is 17.4 Å². The number of para-hydroxylation sites is 1. The average molecular weight is 325 g/mol. The number of rotatable bonds is 4. The molecule has 0 saturated heterocycles. The molecule has 0 aliphatic carbocycles. The van der Waals surface area contributed by atoms with Crippen molar-refractivity contribution in [2.24, 2.45) is 5.73 Å². The number of carbonyl (C=O) groups excluding carboxylic acids is 2. The molecule has 0 heterocycles. The van der Waals surface area contributed by atoms with Crippen LogP contribution in [0.5, 0.6) is 0 Å². The molecule has 2 aromatic rings. The van der Waals surface area contributed by atoms with Crippen molar-refractivity contribution in [2.45, 2.75) is 32.9 Å². The van der Waals surface area contributed by atoms with Gasteiger partial charge in [0.25, 0.3) is 11.8 Å². The van der Waals surface area contributed by atoms with Crippen LogP contribution in [0.2, 0.25) is 0 Å². The molecule has 0 fully saturated rings. The molecule has 2 amide bonds. The lowest BCUT2D eigenvalue weighted by atomic mass is 10.1. The summed E-state index contributed by atoms with van der Waals surface area (Å²) in [6, 6.07) is 14.0. The van der Waals surface area contributed by atoms with Gasteiger partial charge in [0.2, 0.25) is 0 Å². The zero-order chi connectivity index (χ0) is 17.7. The van der Waals surface area contributed by atoms with E-state index in [1.165, 1.54) is 0 Å². The molecular weight excluding hydrogens is 302 g/mol. The molecule has 0 radical (unpaired) electrons. The van der Waals surface area contributed by atoms with Crippen molar-refractivity contribution in [3.05, 3.63) is 65.2 Å². The van der Waals surface area contributed by atoms with E-state index in [9.17, 15) is 9.59 Å². The van der Waals surface area contributed by atoms with Gasteiger partial charge in [-0.2, -0.15) is 0 Å². The van der Waals surface area contributed by atoms with Crippen LogP contribution in [0.15, 0.2) is 48.5 Å². The van der Waals surface area contributed by atoms with Crippen LogP contribution in [0, 0.1) is 0 Å². The van der Waals surface area contributed by atoms with Crippen molar-refractivity contribution in [3.8, 4) is 0 Å². The highest BCUT2D eigenvalue weighted by Gasteiger charge is 2.18. The summed E-state index contributed by atoms with van der Waals surface area (Å²) in [4.78, 5) is 24.8. The Kier molecular flexibility index (Phi) is 5.36. The molecule has 0 saturated carbocycles. The summed E-state index contributed by atoms with van der Waals surface area (Å²) in [5.41, 5.74) is 7.58. The molecule has 5 heteroatoms. The highest BCUT2D eigenvalue weighted by atomic mass is 16.2. The zero-order valence-corrected chi connectivity index (χ0v) is 14.2. The number of carbonyl (C=O) groups is 2. The van der Waals surface area contributed by atoms with E-state index in [0.29, 0.717) is 23.4 Å². The van der Waals surface area contributed by atoms with Gasteiger partial charge in [0.05, 0.1) is 11.3 Å². The number of anilines is 1. The molecule has 0 bridgehead atoms. The van der Waals surface area contributed by atoms with Gasteiger partial charge in [-0.15, -0.1) is 0 Å². The van der Waals surface area contributed by atoms with Crippen LogP contribution in [0.1, 0.15) is 47.1 Å². The zero-order valence-electron chi connectivity index (χ0n) is 14.2. The summed E-state index contributed by atoms with van der Waals surface area (Å²) in [6.07, 6.45) is 0. The summed E-state index contributed by atoms with van der Waals surface area (Å²) in [6.45, 7) is 6.15. The molecule has 0 atom stereocenters. The molecule has 24 heavy (non-hydrogen) atoms. The fourth-order valence-electron chi connectivity index (χ4n) is 2.18. The maximum atomic E-state index is 12.4. The minimum Gasteiger partial charge on any atom is -0.347 e.